The Labute approximate surface area is 78.8 Å². The van der Waals surface area contributed by atoms with E-state index in [0.717, 1.165) is 11.1 Å². The average Bonchev–Trinajstić information content (AvgIpc) is 2.05. The molecule has 3 heteroatoms. The first kappa shape index (κ1) is 11.4. The zero-order valence-electron chi connectivity index (χ0n) is 7.03. The van der Waals surface area contributed by atoms with Crippen LogP contribution in [0, 0.1) is 0 Å². The van der Waals surface area contributed by atoms with Gasteiger partial charge in [0.15, 0.2) is 0 Å². The summed E-state index contributed by atoms with van der Waals surface area (Å²) >= 11 is 0. The fourth-order valence-electron chi connectivity index (χ4n) is 0.927. The zero-order chi connectivity index (χ0) is 8.27. The number of nitrogens with two attached hydrogens (primary N) is 1. The normalized spacial score (nSPS) is 11.9. The van der Waals surface area contributed by atoms with E-state index in [9.17, 15) is 0 Å². The van der Waals surface area contributed by atoms with Crippen LogP contribution in [-0.2, 0) is 6.61 Å². The van der Waals surface area contributed by atoms with Crippen molar-refractivity contribution in [3.05, 3.63) is 35.4 Å². The molecule has 0 amide bonds. The van der Waals surface area contributed by atoms with Crippen molar-refractivity contribution in [3.63, 3.8) is 0 Å². The maximum absolute atomic E-state index is 8.74. The van der Waals surface area contributed by atoms with E-state index in [-0.39, 0.29) is 25.1 Å². The Hall–Kier alpha value is -0.570. The van der Waals surface area contributed by atoms with Crippen LogP contribution in [0.1, 0.15) is 24.1 Å². The van der Waals surface area contributed by atoms with Crippen LogP contribution in [0.15, 0.2) is 24.3 Å². The minimum atomic E-state index is 0. The summed E-state index contributed by atoms with van der Waals surface area (Å²) in [5.74, 6) is 0. The topological polar surface area (TPSA) is 46.2 Å². The fraction of sp³-hybridized carbons (Fsp3) is 0.333. The third-order valence-electron chi connectivity index (χ3n) is 1.69. The summed E-state index contributed by atoms with van der Waals surface area (Å²) in [5.41, 5.74) is 7.67. The van der Waals surface area contributed by atoms with Crippen LogP contribution < -0.4 is 5.73 Å². The molecule has 0 spiro atoms. The van der Waals surface area contributed by atoms with Crippen LogP contribution in [-0.4, -0.2) is 5.11 Å². The molecule has 0 aromatic heterocycles. The molecule has 0 aliphatic rings. The summed E-state index contributed by atoms with van der Waals surface area (Å²) < 4.78 is 0. The van der Waals surface area contributed by atoms with Gasteiger partial charge in [0, 0.05) is 6.04 Å². The Balaban J connectivity index is 0.00000121. The highest BCUT2D eigenvalue weighted by atomic mass is 35.5. The Morgan fingerprint density at radius 3 is 2.17 bits per heavy atom. The summed E-state index contributed by atoms with van der Waals surface area (Å²) in [4.78, 5) is 0. The summed E-state index contributed by atoms with van der Waals surface area (Å²) in [6.07, 6.45) is 0. The van der Waals surface area contributed by atoms with E-state index in [2.05, 4.69) is 0 Å². The highest BCUT2D eigenvalue weighted by Gasteiger charge is 1.97. The molecule has 0 aliphatic heterocycles. The lowest BCUT2D eigenvalue weighted by Crippen LogP contribution is -2.04. The van der Waals surface area contributed by atoms with Gasteiger partial charge in [-0.25, -0.2) is 0 Å². The van der Waals surface area contributed by atoms with Crippen LogP contribution >= 0.6 is 12.4 Å². The first-order chi connectivity index (χ1) is 5.24. The van der Waals surface area contributed by atoms with E-state index in [1.807, 2.05) is 31.2 Å². The smallest absolute Gasteiger partial charge is 0.0681 e. The van der Waals surface area contributed by atoms with Gasteiger partial charge in [-0.15, -0.1) is 12.4 Å². The number of halogens is 1. The molecule has 1 unspecified atom stereocenters. The van der Waals surface area contributed by atoms with Crippen LogP contribution in [0.4, 0.5) is 0 Å². The molecule has 68 valence electrons. The lowest BCUT2D eigenvalue weighted by Gasteiger charge is -2.04. The van der Waals surface area contributed by atoms with Crippen molar-refractivity contribution in [2.24, 2.45) is 5.73 Å². The first-order valence-corrected chi connectivity index (χ1v) is 3.69. The predicted molar refractivity (Wildman–Crippen MR) is 52.2 cm³/mol. The molecule has 1 aromatic carbocycles. The van der Waals surface area contributed by atoms with Crippen molar-refractivity contribution in [1.29, 1.82) is 0 Å². The van der Waals surface area contributed by atoms with E-state index in [1.165, 1.54) is 0 Å². The molecule has 3 N–H and O–H groups in total. The number of hydrogen-bond donors (Lipinski definition) is 2. The maximum atomic E-state index is 8.74. The molecule has 0 bridgehead atoms. The van der Waals surface area contributed by atoms with Crippen molar-refractivity contribution in [1.82, 2.24) is 0 Å². The molecule has 1 atom stereocenters. The third-order valence-corrected chi connectivity index (χ3v) is 1.69. The Bertz CT molecular complexity index is 220. The Morgan fingerprint density at radius 1 is 1.33 bits per heavy atom. The minimum absolute atomic E-state index is 0. The van der Waals surface area contributed by atoms with Gasteiger partial charge in [-0.2, -0.15) is 0 Å². The quantitative estimate of drug-likeness (QED) is 0.739. The molecule has 0 radical (unpaired) electrons. The summed E-state index contributed by atoms with van der Waals surface area (Å²) in [6.45, 7) is 2.03. The van der Waals surface area contributed by atoms with Gasteiger partial charge < -0.3 is 10.8 Å². The summed E-state index contributed by atoms with van der Waals surface area (Å²) in [5, 5.41) is 8.74. The predicted octanol–water partition coefficient (Wildman–Crippen LogP) is 1.62. The van der Waals surface area contributed by atoms with Crippen LogP contribution in [0.25, 0.3) is 0 Å². The van der Waals surface area contributed by atoms with Gasteiger partial charge in [0.1, 0.15) is 0 Å². The van der Waals surface area contributed by atoms with Crippen molar-refractivity contribution < 1.29 is 5.11 Å². The second-order valence-corrected chi connectivity index (χ2v) is 2.69. The lowest BCUT2D eigenvalue weighted by atomic mass is 10.1. The Kier molecular flexibility index (Phi) is 4.90. The van der Waals surface area contributed by atoms with Gasteiger partial charge in [0.25, 0.3) is 0 Å². The van der Waals surface area contributed by atoms with Crippen LogP contribution in [0.3, 0.4) is 0 Å². The van der Waals surface area contributed by atoms with Crippen molar-refractivity contribution >= 4 is 12.4 Å². The molecule has 0 fully saturated rings. The van der Waals surface area contributed by atoms with Crippen LogP contribution in [0.2, 0.25) is 0 Å². The molecule has 2 nitrogen and oxygen atoms in total. The maximum Gasteiger partial charge on any atom is 0.0681 e. The largest absolute Gasteiger partial charge is 0.392 e. The molecule has 1 aromatic rings. The van der Waals surface area contributed by atoms with Gasteiger partial charge in [0.2, 0.25) is 0 Å². The van der Waals surface area contributed by atoms with Crippen molar-refractivity contribution in [2.75, 3.05) is 0 Å². The Morgan fingerprint density at radius 2 is 1.83 bits per heavy atom. The van der Waals surface area contributed by atoms with E-state index in [0.29, 0.717) is 0 Å². The highest BCUT2D eigenvalue weighted by Crippen LogP contribution is 2.10. The number of aliphatic hydroxyl groups is 1. The zero-order valence-corrected chi connectivity index (χ0v) is 7.84. The van der Waals surface area contributed by atoms with Gasteiger partial charge in [0.05, 0.1) is 6.61 Å². The monoisotopic (exact) mass is 187 g/mol. The second-order valence-electron chi connectivity index (χ2n) is 2.69. The molecule has 0 saturated carbocycles. The fourth-order valence-corrected chi connectivity index (χ4v) is 0.927. The summed E-state index contributed by atoms with van der Waals surface area (Å²) in [6, 6.07) is 7.73. The molecule has 0 aliphatic carbocycles. The number of benzene rings is 1. The van der Waals surface area contributed by atoms with Gasteiger partial charge >= 0.3 is 0 Å². The average molecular weight is 188 g/mol. The molecule has 0 saturated heterocycles. The van der Waals surface area contributed by atoms with Gasteiger partial charge in [-0.05, 0) is 18.1 Å². The van der Waals surface area contributed by atoms with Gasteiger partial charge in [-0.3, -0.25) is 0 Å². The molecule has 12 heavy (non-hydrogen) atoms. The first-order valence-electron chi connectivity index (χ1n) is 3.69. The molecular formula is C9H14ClNO. The third kappa shape index (κ3) is 2.81. The van der Waals surface area contributed by atoms with E-state index in [4.69, 9.17) is 10.8 Å². The van der Waals surface area contributed by atoms with E-state index < -0.39 is 0 Å². The molecule has 0 heterocycles. The SMILES string of the molecule is CC(N)c1ccc(CO)cc1.Cl. The number of rotatable bonds is 2. The highest BCUT2D eigenvalue weighted by molar-refractivity contribution is 5.85. The van der Waals surface area contributed by atoms with E-state index >= 15 is 0 Å². The number of aliphatic hydroxyl groups excluding tert-OH is 1. The number of hydrogen-bond acceptors (Lipinski definition) is 2. The van der Waals surface area contributed by atoms with Crippen molar-refractivity contribution in [2.45, 2.75) is 19.6 Å². The standard InChI is InChI=1S/C9H13NO.ClH/c1-7(10)9-4-2-8(6-11)3-5-9;/h2-5,7,11H,6,10H2,1H3;1H. The van der Waals surface area contributed by atoms with E-state index in [1.54, 1.807) is 0 Å². The molecular weight excluding hydrogens is 174 g/mol. The lowest BCUT2D eigenvalue weighted by molar-refractivity contribution is 0.282. The second kappa shape index (κ2) is 5.14. The molecule has 1 rings (SSSR count). The van der Waals surface area contributed by atoms with Crippen molar-refractivity contribution in [3.8, 4) is 0 Å². The van der Waals surface area contributed by atoms with Gasteiger partial charge in [-0.1, -0.05) is 24.3 Å². The summed E-state index contributed by atoms with van der Waals surface area (Å²) in [7, 11) is 0. The van der Waals surface area contributed by atoms with Crippen LogP contribution in [0.5, 0.6) is 0 Å². The minimum Gasteiger partial charge on any atom is -0.392 e.